The molecule has 1 atom stereocenters. The highest BCUT2D eigenvalue weighted by Gasteiger charge is 2.07. The van der Waals surface area contributed by atoms with Gasteiger partial charge in [-0.2, -0.15) is 0 Å². The molecule has 2 rings (SSSR count). The zero-order chi connectivity index (χ0) is 11.5. The summed E-state index contributed by atoms with van der Waals surface area (Å²) < 4.78 is 1.61. The molecule has 1 N–H and O–H groups in total. The van der Waals surface area contributed by atoms with Gasteiger partial charge in [-0.15, -0.1) is 5.10 Å². The topological polar surface area (TPSA) is 50.9 Å². The second kappa shape index (κ2) is 4.63. The maximum Gasteiger partial charge on any atom is 0.0857 e. The first-order valence-electron chi connectivity index (χ1n) is 5.01. The molecule has 1 aromatic carbocycles. The summed E-state index contributed by atoms with van der Waals surface area (Å²) in [5, 5.41) is 17.8. The second-order valence-corrected chi connectivity index (χ2v) is 4.07. The van der Waals surface area contributed by atoms with Crippen LogP contribution in [0, 0.1) is 0 Å². The molecule has 2 aromatic rings. The van der Waals surface area contributed by atoms with Gasteiger partial charge < -0.3 is 5.11 Å². The molecule has 16 heavy (non-hydrogen) atoms. The summed E-state index contributed by atoms with van der Waals surface area (Å²) in [6, 6.07) is 7.41. The molecule has 0 aliphatic heterocycles. The first-order valence-corrected chi connectivity index (χ1v) is 5.39. The molecule has 0 aliphatic rings. The average molecular weight is 238 g/mol. The highest BCUT2D eigenvalue weighted by Crippen LogP contribution is 2.18. The van der Waals surface area contributed by atoms with Gasteiger partial charge in [0.05, 0.1) is 28.7 Å². The number of halogens is 1. The summed E-state index contributed by atoms with van der Waals surface area (Å²) in [6.45, 7) is 1.72. The van der Waals surface area contributed by atoms with Gasteiger partial charge in [-0.05, 0) is 19.1 Å². The Morgan fingerprint density at radius 1 is 1.44 bits per heavy atom. The van der Waals surface area contributed by atoms with E-state index in [1.807, 2.05) is 18.2 Å². The standard InChI is InChI=1S/C11H12ClN3O/c1-8(16)6-9-7-15(14-13-9)11-5-3-2-4-10(11)12/h2-5,7-8,16H,6H2,1H3. The van der Waals surface area contributed by atoms with Crippen molar-refractivity contribution in [3.8, 4) is 5.69 Å². The smallest absolute Gasteiger partial charge is 0.0857 e. The number of rotatable bonds is 3. The molecule has 0 fully saturated rings. The fraction of sp³-hybridized carbons (Fsp3) is 0.273. The molecule has 5 heteroatoms. The van der Waals surface area contributed by atoms with E-state index in [4.69, 9.17) is 11.6 Å². The Balaban J connectivity index is 2.28. The summed E-state index contributed by atoms with van der Waals surface area (Å²) in [4.78, 5) is 0. The summed E-state index contributed by atoms with van der Waals surface area (Å²) in [6.07, 6.45) is 1.84. The van der Waals surface area contributed by atoms with E-state index in [1.165, 1.54) is 0 Å². The molecule has 0 bridgehead atoms. The Morgan fingerprint density at radius 3 is 2.88 bits per heavy atom. The van der Waals surface area contributed by atoms with Gasteiger partial charge in [0.1, 0.15) is 0 Å². The largest absolute Gasteiger partial charge is 0.393 e. The van der Waals surface area contributed by atoms with Crippen molar-refractivity contribution < 1.29 is 5.11 Å². The van der Waals surface area contributed by atoms with Gasteiger partial charge in [0.15, 0.2) is 0 Å². The average Bonchev–Trinajstić information content (AvgIpc) is 2.66. The number of benzene rings is 1. The van der Waals surface area contributed by atoms with Crippen molar-refractivity contribution in [3.63, 3.8) is 0 Å². The van der Waals surface area contributed by atoms with Crippen LogP contribution in [-0.4, -0.2) is 26.2 Å². The van der Waals surface area contributed by atoms with E-state index < -0.39 is 6.10 Å². The lowest BCUT2D eigenvalue weighted by molar-refractivity contribution is 0.194. The Bertz CT molecular complexity index is 482. The van der Waals surface area contributed by atoms with Gasteiger partial charge in [0, 0.05) is 6.42 Å². The Kier molecular flexibility index (Phi) is 3.22. The van der Waals surface area contributed by atoms with Crippen LogP contribution in [0.4, 0.5) is 0 Å². The molecule has 1 aromatic heterocycles. The summed E-state index contributed by atoms with van der Waals surface area (Å²) >= 11 is 6.04. The molecule has 0 saturated carbocycles. The predicted molar refractivity (Wildman–Crippen MR) is 61.8 cm³/mol. The van der Waals surface area contributed by atoms with Gasteiger partial charge in [-0.25, -0.2) is 4.68 Å². The fourth-order valence-electron chi connectivity index (χ4n) is 1.45. The Morgan fingerprint density at radius 2 is 2.19 bits per heavy atom. The van der Waals surface area contributed by atoms with Gasteiger partial charge in [-0.1, -0.05) is 28.9 Å². The normalized spacial score (nSPS) is 12.7. The lowest BCUT2D eigenvalue weighted by atomic mass is 10.2. The predicted octanol–water partition coefficient (Wildman–Crippen LogP) is 1.84. The second-order valence-electron chi connectivity index (χ2n) is 3.66. The van der Waals surface area contributed by atoms with E-state index >= 15 is 0 Å². The molecule has 0 amide bonds. The minimum atomic E-state index is -0.420. The quantitative estimate of drug-likeness (QED) is 0.886. The molecule has 1 heterocycles. The van der Waals surface area contributed by atoms with Crippen molar-refractivity contribution in [2.45, 2.75) is 19.4 Å². The van der Waals surface area contributed by atoms with Crippen LogP contribution in [0.25, 0.3) is 5.69 Å². The van der Waals surface area contributed by atoms with E-state index in [1.54, 1.807) is 23.9 Å². The number of hydrogen-bond acceptors (Lipinski definition) is 3. The molecule has 84 valence electrons. The zero-order valence-corrected chi connectivity index (χ0v) is 9.59. The van der Waals surface area contributed by atoms with Crippen LogP contribution in [0.5, 0.6) is 0 Å². The van der Waals surface area contributed by atoms with Gasteiger partial charge >= 0.3 is 0 Å². The molecule has 0 radical (unpaired) electrons. The minimum Gasteiger partial charge on any atom is -0.393 e. The van der Waals surface area contributed by atoms with E-state index in [0.29, 0.717) is 11.4 Å². The fourth-order valence-corrected chi connectivity index (χ4v) is 1.67. The van der Waals surface area contributed by atoms with Crippen LogP contribution in [0.2, 0.25) is 5.02 Å². The molecule has 4 nitrogen and oxygen atoms in total. The van der Waals surface area contributed by atoms with Gasteiger partial charge in [-0.3, -0.25) is 0 Å². The zero-order valence-electron chi connectivity index (χ0n) is 8.84. The number of nitrogens with zero attached hydrogens (tertiary/aromatic N) is 3. The summed E-state index contributed by atoms with van der Waals surface area (Å²) in [7, 11) is 0. The third-order valence-electron chi connectivity index (χ3n) is 2.14. The molecule has 0 spiro atoms. The van der Waals surface area contributed by atoms with Gasteiger partial charge in [0.25, 0.3) is 0 Å². The summed E-state index contributed by atoms with van der Waals surface area (Å²) in [5.41, 5.74) is 1.53. The maximum atomic E-state index is 9.24. The van der Waals surface area contributed by atoms with Crippen LogP contribution in [0.3, 0.4) is 0 Å². The third kappa shape index (κ3) is 2.40. The number of para-hydroxylation sites is 1. The van der Waals surface area contributed by atoms with Crippen molar-refractivity contribution in [2.24, 2.45) is 0 Å². The Hall–Kier alpha value is -1.39. The number of hydrogen-bond donors (Lipinski definition) is 1. The SMILES string of the molecule is CC(O)Cc1cn(-c2ccccc2Cl)nn1. The van der Waals surface area contributed by atoms with Crippen LogP contribution in [0.1, 0.15) is 12.6 Å². The lowest BCUT2D eigenvalue weighted by Gasteiger charge is -2.01. The van der Waals surface area contributed by atoms with Crippen molar-refractivity contribution in [3.05, 3.63) is 41.2 Å². The van der Waals surface area contributed by atoms with E-state index in [-0.39, 0.29) is 0 Å². The van der Waals surface area contributed by atoms with Crippen molar-refractivity contribution in [1.29, 1.82) is 0 Å². The molecular weight excluding hydrogens is 226 g/mol. The number of aliphatic hydroxyl groups is 1. The Labute approximate surface area is 98.5 Å². The first kappa shape index (κ1) is 11.1. The molecule has 0 aliphatic carbocycles. The van der Waals surface area contributed by atoms with Crippen LogP contribution >= 0.6 is 11.6 Å². The van der Waals surface area contributed by atoms with Crippen LogP contribution in [-0.2, 0) is 6.42 Å². The van der Waals surface area contributed by atoms with Crippen molar-refractivity contribution >= 4 is 11.6 Å². The minimum absolute atomic E-state index is 0.420. The number of aromatic nitrogens is 3. The number of aliphatic hydroxyl groups excluding tert-OH is 1. The van der Waals surface area contributed by atoms with Crippen LogP contribution in [0.15, 0.2) is 30.5 Å². The summed E-state index contributed by atoms with van der Waals surface area (Å²) in [5.74, 6) is 0. The lowest BCUT2D eigenvalue weighted by Crippen LogP contribution is -2.04. The van der Waals surface area contributed by atoms with E-state index in [2.05, 4.69) is 10.3 Å². The van der Waals surface area contributed by atoms with Crippen molar-refractivity contribution in [2.75, 3.05) is 0 Å². The molecule has 1 unspecified atom stereocenters. The first-order chi connectivity index (χ1) is 7.66. The molecule has 0 saturated heterocycles. The highest BCUT2D eigenvalue weighted by molar-refractivity contribution is 6.32. The third-order valence-corrected chi connectivity index (χ3v) is 2.46. The molecular formula is C11H12ClN3O. The van der Waals surface area contributed by atoms with E-state index in [9.17, 15) is 5.11 Å². The van der Waals surface area contributed by atoms with Gasteiger partial charge in [0.2, 0.25) is 0 Å². The van der Waals surface area contributed by atoms with Crippen molar-refractivity contribution in [1.82, 2.24) is 15.0 Å². The monoisotopic (exact) mass is 237 g/mol. The van der Waals surface area contributed by atoms with Crippen LogP contribution < -0.4 is 0 Å². The maximum absolute atomic E-state index is 9.24. The van der Waals surface area contributed by atoms with E-state index in [0.717, 1.165) is 11.4 Å². The highest BCUT2D eigenvalue weighted by atomic mass is 35.5.